The first-order valence-corrected chi connectivity index (χ1v) is 6.16. The summed E-state index contributed by atoms with van der Waals surface area (Å²) < 4.78 is 40.4. The Morgan fingerprint density at radius 3 is 2.50 bits per heavy atom. The lowest BCUT2D eigenvalue weighted by molar-refractivity contribution is -0.158. The maximum atomic E-state index is 13.4. The van der Waals surface area contributed by atoms with Crippen LogP contribution in [0.1, 0.15) is 27.7 Å². The fourth-order valence-electron chi connectivity index (χ4n) is 2.11. The summed E-state index contributed by atoms with van der Waals surface area (Å²) in [4.78, 5) is 26.9. The molecule has 0 saturated heterocycles. The third-order valence-electron chi connectivity index (χ3n) is 3.10. The molecule has 0 aliphatic rings. The summed E-state index contributed by atoms with van der Waals surface area (Å²) in [6.45, 7) is 1.35. The molecule has 0 saturated carbocycles. The summed E-state index contributed by atoms with van der Waals surface area (Å²) in [5.41, 5.74) is -2.21. The van der Waals surface area contributed by atoms with E-state index in [-0.39, 0.29) is 5.56 Å². The third-order valence-corrected chi connectivity index (χ3v) is 3.10. The first kappa shape index (κ1) is 15.7. The number of carbonyl (C=O) groups is 1. The Morgan fingerprint density at radius 1 is 1.32 bits per heavy atom. The molecule has 2 rings (SSSR count). The van der Waals surface area contributed by atoms with E-state index in [2.05, 4.69) is 4.98 Å². The van der Waals surface area contributed by atoms with Crippen molar-refractivity contribution < 1.29 is 23.1 Å². The number of halogens is 3. The van der Waals surface area contributed by atoms with Gasteiger partial charge < -0.3 is 5.11 Å². The van der Waals surface area contributed by atoms with Crippen LogP contribution in [0, 0.1) is 6.92 Å². The number of hydrogen-bond acceptors (Lipinski definition) is 3. The van der Waals surface area contributed by atoms with E-state index in [0.717, 1.165) is 18.3 Å². The molecule has 22 heavy (non-hydrogen) atoms. The molecule has 0 spiro atoms. The zero-order valence-electron chi connectivity index (χ0n) is 11.3. The summed E-state index contributed by atoms with van der Waals surface area (Å²) in [7, 11) is 0. The number of carboxylic acids is 1. The summed E-state index contributed by atoms with van der Waals surface area (Å²) in [5.74, 6) is -1.57. The molecule has 8 heteroatoms. The highest BCUT2D eigenvalue weighted by Crippen LogP contribution is 2.34. The Morgan fingerprint density at radius 2 is 2.00 bits per heavy atom. The van der Waals surface area contributed by atoms with E-state index in [1.807, 2.05) is 0 Å². The lowest BCUT2D eigenvalue weighted by Crippen LogP contribution is -2.37. The second-order valence-corrected chi connectivity index (χ2v) is 4.59. The molecule has 1 unspecified atom stereocenters. The zero-order valence-corrected chi connectivity index (χ0v) is 11.3. The minimum Gasteiger partial charge on any atom is -0.477 e. The van der Waals surface area contributed by atoms with Crippen LogP contribution < -0.4 is 5.56 Å². The fourth-order valence-corrected chi connectivity index (χ4v) is 2.11. The van der Waals surface area contributed by atoms with Crippen LogP contribution in [0.4, 0.5) is 13.2 Å². The molecular formula is C14H11F3N2O3. The van der Waals surface area contributed by atoms with E-state index in [1.54, 1.807) is 0 Å². The maximum absolute atomic E-state index is 13.4. The van der Waals surface area contributed by atoms with Gasteiger partial charge in [0.05, 0.1) is 5.69 Å². The molecule has 5 nitrogen and oxygen atoms in total. The molecule has 0 aromatic carbocycles. The Balaban J connectivity index is 2.73. The summed E-state index contributed by atoms with van der Waals surface area (Å²) in [6.07, 6.45) is -2.70. The summed E-state index contributed by atoms with van der Waals surface area (Å²) in [5, 5.41) is 9.02. The average Bonchev–Trinajstić information content (AvgIpc) is 2.41. The molecule has 2 aromatic heterocycles. The molecule has 2 aromatic rings. The number of rotatable bonds is 3. The van der Waals surface area contributed by atoms with Crippen molar-refractivity contribution in [3.05, 3.63) is 63.8 Å². The van der Waals surface area contributed by atoms with Crippen LogP contribution in [0.25, 0.3) is 0 Å². The Kier molecular flexibility index (Phi) is 4.03. The van der Waals surface area contributed by atoms with Crippen molar-refractivity contribution in [1.29, 1.82) is 0 Å². The number of aromatic nitrogens is 2. The molecule has 1 atom stereocenters. The molecule has 0 amide bonds. The highest BCUT2D eigenvalue weighted by molar-refractivity contribution is 5.88. The molecule has 0 bridgehead atoms. The van der Waals surface area contributed by atoms with Crippen LogP contribution in [-0.2, 0) is 0 Å². The van der Waals surface area contributed by atoms with Gasteiger partial charge in [0, 0.05) is 12.4 Å². The molecule has 116 valence electrons. The number of nitrogens with zero attached hydrogens (tertiary/aromatic N) is 2. The number of aromatic carboxylic acids is 1. The van der Waals surface area contributed by atoms with E-state index in [9.17, 15) is 22.8 Å². The second-order valence-electron chi connectivity index (χ2n) is 4.59. The Hall–Kier alpha value is -2.64. The topological polar surface area (TPSA) is 72.2 Å². The van der Waals surface area contributed by atoms with Crippen molar-refractivity contribution in [1.82, 2.24) is 9.55 Å². The minimum absolute atomic E-state index is 0.0932. The van der Waals surface area contributed by atoms with Crippen molar-refractivity contribution in [2.75, 3.05) is 0 Å². The Labute approximate surface area is 122 Å². The van der Waals surface area contributed by atoms with Gasteiger partial charge in [-0.2, -0.15) is 13.2 Å². The van der Waals surface area contributed by atoms with E-state index < -0.39 is 35.0 Å². The van der Waals surface area contributed by atoms with Crippen LogP contribution in [-0.4, -0.2) is 26.8 Å². The first-order valence-electron chi connectivity index (χ1n) is 6.16. The van der Waals surface area contributed by atoms with E-state index in [1.165, 1.54) is 25.3 Å². The number of hydrogen-bond donors (Lipinski definition) is 1. The molecule has 2 heterocycles. The van der Waals surface area contributed by atoms with Gasteiger partial charge in [-0.15, -0.1) is 0 Å². The van der Waals surface area contributed by atoms with Crippen molar-refractivity contribution >= 4 is 5.97 Å². The third kappa shape index (κ3) is 2.85. The van der Waals surface area contributed by atoms with Crippen LogP contribution in [0.5, 0.6) is 0 Å². The average molecular weight is 312 g/mol. The smallest absolute Gasteiger partial charge is 0.414 e. The number of pyridine rings is 2. The molecular weight excluding hydrogens is 301 g/mol. The van der Waals surface area contributed by atoms with Gasteiger partial charge in [0.2, 0.25) is 0 Å². The first-order chi connectivity index (χ1) is 10.2. The zero-order chi connectivity index (χ0) is 16.5. The van der Waals surface area contributed by atoms with Gasteiger partial charge in [-0.3, -0.25) is 14.3 Å². The van der Waals surface area contributed by atoms with Crippen molar-refractivity contribution in [3.63, 3.8) is 0 Å². The van der Waals surface area contributed by atoms with Gasteiger partial charge in [-0.05, 0) is 30.7 Å². The minimum atomic E-state index is -4.80. The highest BCUT2D eigenvalue weighted by atomic mass is 19.4. The van der Waals surface area contributed by atoms with Gasteiger partial charge >= 0.3 is 12.1 Å². The van der Waals surface area contributed by atoms with Crippen molar-refractivity contribution in [2.24, 2.45) is 0 Å². The molecule has 0 aliphatic heterocycles. The lowest BCUT2D eigenvalue weighted by atomic mass is 10.1. The van der Waals surface area contributed by atoms with E-state index in [4.69, 9.17) is 5.11 Å². The molecule has 0 radical (unpaired) electrons. The SMILES string of the molecule is Cc1ccn(C(c2ccccn2)C(F)(F)F)c(=O)c1C(=O)O. The quantitative estimate of drug-likeness (QED) is 0.944. The summed E-state index contributed by atoms with van der Waals surface area (Å²) in [6, 6.07) is 2.74. The van der Waals surface area contributed by atoms with Gasteiger partial charge in [-0.25, -0.2) is 4.79 Å². The normalized spacial score (nSPS) is 12.9. The lowest BCUT2D eigenvalue weighted by Gasteiger charge is -2.22. The standard InChI is InChI=1S/C14H11F3N2O3/c1-8-5-7-19(12(20)10(8)13(21)22)11(14(15,16)17)9-4-2-3-6-18-9/h2-7,11H,1H3,(H,21,22). The largest absolute Gasteiger partial charge is 0.477 e. The van der Waals surface area contributed by atoms with Gasteiger partial charge in [0.25, 0.3) is 5.56 Å². The predicted molar refractivity (Wildman–Crippen MR) is 70.8 cm³/mol. The second kappa shape index (κ2) is 5.63. The number of aryl methyl sites for hydroxylation is 1. The number of carboxylic acid groups (broad SMARTS) is 1. The van der Waals surface area contributed by atoms with Crippen molar-refractivity contribution in [2.45, 2.75) is 19.1 Å². The fraction of sp³-hybridized carbons (Fsp3) is 0.214. The van der Waals surface area contributed by atoms with E-state index >= 15 is 0 Å². The number of alkyl halides is 3. The molecule has 0 aliphatic carbocycles. The predicted octanol–water partition coefficient (Wildman–Crippen LogP) is 2.40. The van der Waals surface area contributed by atoms with E-state index in [0.29, 0.717) is 4.57 Å². The Bertz CT molecular complexity index is 754. The van der Waals surface area contributed by atoms with Gasteiger partial charge in [-0.1, -0.05) is 6.07 Å². The van der Waals surface area contributed by atoms with Crippen molar-refractivity contribution in [3.8, 4) is 0 Å². The molecule has 1 N–H and O–H groups in total. The van der Waals surface area contributed by atoms with Crippen LogP contribution >= 0.6 is 0 Å². The van der Waals surface area contributed by atoms with Crippen LogP contribution in [0.3, 0.4) is 0 Å². The molecule has 0 fully saturated rings. The summed E-state index contributed by atoms with van der Waals surface area (Å²) >= 11 is 0. The van der Waals surface area contributed by atoms with Gasteiger partial charge in [0.15, 0.2) is 6.04 Å². The van der Waals surface area contributed by atoms with Crippen LogP contribution in [0.2, 0.25) is 0 Å². The van der Waals surface area contributed by atoms with Gasteiger partial charge in [0.1, 0.15) is 5.56 Å². The maximum Gasteiger partial charge on any atom is 0.414 e. The highest BCUT2D eigenvalue weighted by Gasteiger charge is 2.44. The van der Waals surface area contributed by atoms with Crippen LogP contribution in [0.15, 0.2) is 41.5 Å². The monoisotopic (exact) mass is 312 g/mol.